The van der Waals surface area contributed by atoms with Gasteiger partial charge in [0.25, 0.3) is 0 Å². The molecule has 2 aromatic carbocycles. The summed E-state index contributed by atoms with van der Waals surface area (Å²) in [5, 5.41) is 9.63. The first-order valence-corrected chi connectivity index (χ1v) is 7.66. The van der Waals surface area contributed by atoms with Crippen molar-refractivity contribution in [2.75, 3.05) is 20.0 Å². The molecular weight excluding hydrogens is 314 g/mol. The summed E-state index contributed by atoms with van der Waals surface area (Å²) in [4.78, 5) is 4.19. The van der Waals surface area contributed by atoms with Gasteiger partial charge in [-0.2, -0.15) is 5.26 Å². The van der Waals surface area contributed by atoms with E-state index in [9.17, 15) is 5.26 Å². The molecule has 0 saturated heterocycles. The van der Waals surface area contributed by atoms with E-state index in [1.807, 2.05) is 42.5 Å². The molecule has 0 aliphatic heterocycles. The van der Waals surface area contributed by atoms with E-state index >= 15 is 0 Å². The number of hydrogen-bond acceptors (Lipinski definition) is 5. The Morgan fingerprint density at radius 2 is 1.68 bits per heavy atom. The van der Waals surface area contributed by atoms with E-state index in [2.05, 4.69) is 11.1 Å². The molecule has 0 aliphatic rings. The highest BCUT2D eigenvalue weighted by Gasteiger charge is 2.18. The molecule has 0 bridgehead atoms. The van der Waals surface area contributed by atoms with Gasteiger partial charge in [0.15, 0.2) is 11.5 Å². The SMILES string of the molecule is COc1ccc(-c2c(-c3ccccc3)cnc(N)c2C#N)cc1OC. The molecule has 3 aromatic rings. The molecule has 1 heterocycles. The molecule has 0 fully saturated rings. The molecule has 3 rings (SSSR count). The summed E-state index contributed by atoms with van der Waals surface area (Å²) in [5.41, 5.74) is 9.61. The molecule has 0 amide bonds. The summed E-state index contributed by atoms with van der Waals surface area (Å²) in [7, 11) is 3.16. The Bertz CT molecular complexity index is 947. The fourth-order valence-electron chi connectivity index (χ4n) is 2.77. The summed E-state index contributed by atoms with van der Waals surface area (Å²) < 4.78 is 10.7. The maximum atomic E-state index is 9.63. The van der Waals surface area contributed by atoms with Gasteiger partial charge in [-0.15, -0.1) is 0 Å². The Morgan fingerprint density at radius 3 is 2.32 bits per heavy atom. The molecule has 2 N–H and O–H groups in total. The van der Waals surface area contributed by atoms with Gasteiger partial charge < -0.3 is 15.2 Å². The zero-order chi connectivity index (χ0) is 17.8. The lowest BCUT2D eigenvalue weighted by atomic mass is 9.92. The van der Waals surface area contributed by atoms with E-state index in [0.717, 1.165) is 22.3 Å². The molecule has 5 heteroatoms. The number of rotatable bonds is 4. The molecule has 0 saturated carbocycles. The number of hydrogen-bond donors (Lipinski definition) is 1. The van der Waals surface area contributed by atoms with Crippen LogP contribution in [0.3, 0.4) is 0 Å². The Kier molecular flexibility index (Phi) is 4.53. The maximum Gasteiger partial charge on any atom is 0.161 e. The summed E-state index contributed by atoms with van der Waals surface area (Å²) >= 11 is 0. The van der Waals surface area contributed by atoms with Crippen molar-refractivity contribution in [3.8, 4) is 39.8 Å². The number of anilines is 1. The first kappa shape index (κ1) is 16.3. The molecule has 0 aliphatic carbocycles. The Balaban J connectivity index is 2.31. The van der Waals surface area contributed by atoms with Crippen LogP contribution in [0.2, 0.25) is 0 Å². The third-order valence-electron chi connectivity index (χ3n) is 3.98. The van der Waals surface area contributed by atoms with Crippen molar-refractivity contribution in [1.29, 1.82) is 5.26 Å². The normalized spacial score (nSPS) is 10.1. The smallest absolute Gasteiger partial charge is 0.161 e. The van der Waals surface area contributed by atoms with Crippen LogP contribution in [0.5, 0.6) is 11.5 Å². The fraction of sp³-hybridized carbons (Fsp3) is 0.100. The predicted molar refractivity (Wildman–Crippen MR) is 97.3 cm³/mol. The zero-order valence-corrected chi connectivity index (χ0v) is 14.0. The van der Waals surface area contributed by atoms with Gasteiger partial charge in [-0.3, -0.25) is 0 Å². The maximum absolute atomic E-state index is 9.63. The molecule has 1 aromatic heterocycles. The third-order valence-corrected chi connectivity index (χ3v) is 3.98. The number of nitrogens with two attached hydrogens (primary N) is 1. The summed E-state index contributed by atoms with van der Waals surface area (Å²) in [5.74, 6) is 1.40. The minimum Gasteiger partial charge on any atom is -0.493 e. The summed E-state index contributed by atoms with van der Waals surface area (Å²) in [6.45, 7) is 0. The van der Waals surface area contributed by atoms with Gasteiger partial charge in [-0.25, -0.2) is 4.98 Å². The predicted octanol–water partition coefficient (Wildman–Crippen LogP) is 3.89. The van der Waals surface area contributed by atoms with Crippen molar-refractivity contribution in [3.63, 3.8) is 0 Å². The number of nitrogens with zero attached hydrogens (tertiary/aromatic N) is 2. The third kappa shape index (κ3) is 2.98. The van der Waals surface area contributed by atoms with Crippen LogP contribution in [-0.4, -0.2) is 19.2 Å². The number of aromatic nitrogens is 1. The average Bonchev–Trinajstić information content (AvgIpc) is 2.67. The van der Waals surface area contributed by atoms with Crippen LogP contribution in [0.15, 0.2) is 54.7 Å². The molecule has 0 unspecified atom stereocenters. The molecule has 5 nitrogen and oxygen atoms in total. The number of methoxy groups -OCH3 is 2. The lowest BCUT2D eigenvalue weighted by Gasteiger charge is -2.15. The average molecular weight is 331 g/mol. The fourth-order valence-corrected chi connectivity index (χ4v) is 2.77. The molecule has 0 spiro atoms. The van der Waals surface area contributed by atoms with Gasteiger partial charge in [0, 0.05) is 17.3 Å². The molecule has 0 atom stereocenters. The van der Waals surface area contributed by atoms with Crippen molar-refractivity contribution in [2.24, 2.45) is 0 Å². The Morgan fingerprint density at radius 1 is 0.960 bits per heavy atom. The lowest BCUT2D eigenvalue weighted by Crippen LogP contribution is -2.00. The van der Waals surface area contributed by atoms with Gasteiger partial charge in [0.2, 0.25) is 0 Å². The number of nitriles is 1. The van der Waals surface area contributed by atoms with Crippen molar-refractivity contribution in [2.45, 2.75) is 0 Å². The number of ether oxygens (including phenoxy) is 2. The first-order chi connectivity index (χ1) is 12.2. The van der Waals surface area contributed by atoms with Gasteiger partial charge in [0.05, 0.1) is 14.2 Å². The lowest BCUT2D eigenvalue weighted by molar-refractivity contribution is 0.355. The Labute approximate surface area is 146 Å². The Hall–Kier alpha value is -3.52. The molecule has 25 heavy (non-hydrogen) atoms. The molecule has 124 valence electrons. The number of pyridine rings is 1. The second kappa shape index (κ2) is 6.93. The number of benzene rings is 2. The van der Waals surface area contributed by atoms with E-state index in [1.165, 1.54) is 0 Å². The van der Waals surface area contributed by atoms with Crippen LogP contribution in [0.4, 0.5) is 5.82 Å². The van der Waals surface area contributed by atoms with Gasteiger partial charge in [-0.05, 0) is 23.3 Å². The van der Waals surface area contributed by atoms with Gasteiger partial charge >= 0.3 is 0 Å². The highest BCUT2D eigenvalue weighted by Crippen LogP contribution is 2.39. The minimum atomic E-state index is 0.201. The zero-order valence-electron chi connectivity index (χ0n) is 14.0. The van der Waals surface area contributed by atoms with E-state index in [-0.39, 0.29) is 5.82 Å². The molecular formula is C20H17N3O2. The largest absolute Gasteiger partial charge is 0.493 e. The van der Waals surface area contributed by atoms with Crippen molar-refractivity contribution in [3.05, 3.63) is 60.3 Å². The van der Waals surface area contributed by atoms with Crippen molar-refractivity contribution < 1.29 is 9.47 Å². The highest BCUT2D eigenvalue weighted by molar-refractivity contribution is 5.90. The van der Waals surface area contributed by atoms with Crippen LogP contribution in [0.25, 0.3) is 22.3 Å². The van der Waals surface area contributed by atoms with E-state index in [0.29, 0.717) is 17.1 Å². The minimum absolute atomic E-state index is 0.201. The van der Waals surface area contributed by atoms with Gasteiger partial charge in [-0.1, -0.05) is 36.4 Å². The van der Waals surface area contributed by atoms with Crippen molar-refractivity contribution >= 4 is 5.82 Å². The topological polar surface area (TPSA) is 81.2 Å². The molecule has 0 radical (unpaired) electrons. The van der Waals surface area contributed by atoms with Crippen LogP contribution in [0, 0.1) is 11.3 Å². The summed E-state index contributed by atoms with van der Waals surface area (Å²) in [6, 6.07) is 17.5. The van der Waals surface area contributed by atoms with Crippen LogP contribution in [-0.2, 0) is 0 Å². The van der Waals surface area contributed by atoms with E-state index in [1.54, 1.807) is 26.5 Å². The van der Waals surface area contributed by atoms with Gasteiger partial charge in [0.1, 0.15) is 17.5 Å². The van der Waals surface area contributed by atoms with Crippen LogP contribution >= 0.6 is 0 Å². The second-order valence-corrected chi connectivity index (χ2v) is 5.35. The van der Waals surface area contributed by atoms with E-state index in [4.69, 9.17) is 15.2 Å². The monoisotopic (exact) mass is 331 g/mol. The van der Waals surface area contributed by atoms with Crippen LogP contribution in [0.1, 0.15) is 5.56 Å². The summed E-state index contributed by atoms with van der Waals surface area (Å²) in [6.07, 6.45) is 1.69. The highest BCUT2D eigenvalue weighted by atomic mass is 16.5. The standard InChI is InChI=1S/C20H17N3O2/c1-24-17-9-8-14(10-18(17)25-2)19-15(11-21)20(22)23-12-16(19)13-6-4-3-5-7-13/h3-10,12H,1-2H3,(H2,22,23). The van der Waals surface area contributed by atoms with E-state index < -0.39 is 0 Å². The number of nitrogen functional groups attached to an aromatic ring is 1. The van der Waals surface area contributed by atoms with Crippen LogP contribution < -0.4 is 15.2 Å². The quantitative estimate of drug-likeness (QED) is 0.784. The van der Waals surface area contributed by atoms with Crippen molar-refractivity contribution in [1.82, 2.24) is 4.98 Å². The second-order valence-electron chi connectivity index (χ2n) is 5.35. The first-order valence-electron chi connectivity index (χ1n) is 7.66.